The van der Waals surface area contributed by atoms with Crippen LogP contribution in [0.1, 0.15) is 29.8 Å². The molecule has 0 heterocycles. The van der Waals surface area contributed by atoms with E-state index < -0.39 is 0 Å². The fraction of sp³-hybridized carbons (Fsp3) is 0.174. The first kappa shape index (κ1) is 18.5. The van der Waals surface area contributed by atoms with E-state index in [1.54, 1.807) is 12.1 Å². The van der Waals surface area contributed by atoms with Crippen LogP contribution in [0.25, 0.3) is 0 Å². The Hall–Kier alpha value is -3.27. The van der Waals surface area contributed by atoms with Crippen LogP contribution >= 0.6 is 0 Å². The number of para-hydroxylation sites is 1. The first-order chi connectivity index (χ1) is 13.1. The number of carbonyl (C=O) groups excluding carboxylic acids is 1. The normalized spacial score (nSPS) is 10.5. The van der Waals surface area contributed by atoms with E-state index in [0.29, 0.717) is 23.6 Å². The van der Waals surface area contributed by atoms with Crippen molar-refractivity contribution in [3.63, 3.8) is 0 Å². The molecule has 3 rings (SSSR count). The molecular formula is C23H23NO3. The van der Waals surface area contributed by atoms with Crippen molar-refractivity contribution in [1.29, 1.82) is 0 Å². The maximum absolute atomic E-state index is 12.6. The van der Waals surface area contributed by atoms with E-state index in [4.69, 9.17) is 9.47 Å². The second-order valence-corrected chi connectivity index (χ2v) is 6.42. The summed E-state index contributed by atoms with van der Waals surface area (Å²) in [6, 6.07) is 24.5. The molecule has 0 fully saturated rings. The number of amides is 1. The van der Waals surface area contributed by atoms with Gasteiger partial charge in [-0.05, 0) is 55.8 Å². The van der Waals surface area contributed by atoms with Gasteiger partial charge in [0.15, 0.2) is 0 Å². The van der Waals surface area contributed by atoms with Crippen LogP contribution in [0.2, 0.25) is 0 Å². The van der Waals surface area contributed by atoms with Crippen LogP contribution in [0, 0.1) is 0 Å². The molecule has 0 saturated heterocycles. The Bertz CT molecular complexity index is 874. The maximum Gasteiger partial charge on any atom is 0.259 e. The SMILES string of the molecule is CC(C)Oc1ccccc1C(=O)Nc1ccc(OCc2ccccc2)cc1. The number of rotatable bonds is 7. The van der Waals surface area contributed by atoms with Gasteiger partial charge in [0.05, 0.1) is 11.7 Å². The molecule has 0 aliphatic heterocycles. The van der Waals surface area contributed by atoms with Crippen molar-refractivity contribution >= 4 is 11.6 Å². The standard InChI is InChI=1S/C23H23NO3/c1-17(2)27-22-11-7-6-10-21(22)23(25)24-19-12-14-20(15-13-19)26-16-18-8-4-3-5-9-18/h3-15,17H,16H2,1-2H3,(H,24,25). The van der Waals surface area contributed by atoms with E-state index >= 15 is 0 Å². The highest BCUT2D eigenvalue weighted by atomic mass is 16.5. The van der Waals surface area contributed by atoms with Crippen LogP contribution in [0.5, 0.6) is 11.5 Å². The minimum absolute atomic E-state index is 0.00000294. The van der Waals surface area contributed by atoms with Crippen molar-refractivity contribution in [2.75, 3.05) is 5.32 Å². The summed E-state index contributed by atoms with van der Waals surface area (Å²) in [6.07, 6.45) is -0.00000294. The summed E-state index contributed by atoms with van der Waals surface area (Å²) < 4.78 is 11.5. The molecule has 1 amide bonds. The Labute approximate surface area is 159 Å². The fourth-order valence-corrected chi connectivity index (χ4v) is 2.58. The van der Waals surface area contributed by atoms with Gasteiger partial charge in [-0.2, -0.15) is 0 Å². The predicted octanol–water partition coefficient (Wildman–Crippen LogP) is 5.31. The number of anilines is 1. The molecule has 0 radical (unpaired) electrons. The van der Waals surface area contributed by atoms with Gasteiger partial charge in [-0.1, -0.05) is 42.5 Å². The highest BCUT2D eigenvalue weighted by Gasteiger charge is 2.13. The number of carbonyl (C=O) groups is 1. The zero-order valence-corrected chi connectivity index (χ0v) is 15.5. The quantitative estimate of drug-likeness (QED) is 0.621. The van der Waals surface area contributed by atoms with Crippen molar-refractivity contribution in [2.24, 2.45) is 0 Å². The number of hydrogen-bond donors (Lipinski definition) is 1. The molecule has 0 aromatic heterocycles. The van der Waals surface area contributed by atoms with Crippen LogP contribution in [0.4, 0.5) is 5.69 Å². The topological polar surface area (TPSA) is 47.6 Å². The van der Waals surface area contributed by atoms with E-state index in [9.17, 15) is 4.79 Å². The van der Waals surface area contributed by atoms with Crippen molar-refractivity contribution < 1.29 is 14.3 Å². The lowest BCUT2D eigenvalue weighted by atomic mass is 10.1. The first-order valence-electron chi connectivity index (χ1n) is 8.95. The number of ether oxygens (including phenoxy) is 2. The Balaban J connectivity index is 1.62. The summed E-state index contributed by atoms with van der Waals surface area (Å²) in [6.45, 7) is 4.37. The van der Waals surface area contributed by atoms with Crippen molar-refractivity contribution in [2.45, 2.75) is 26.6 Å². The van der Waals surface area contributed by atoms with Gasteiger partial charge in [0, 0.05) is 5.69 Å². The van der Waals surface area contributed by atoms with Crippen LogP contribution in [-0.4, -0.2) is 12.0 Å². The second kappa shape index (κ2) is 8.90. The minimum atomic E-state index is -0.204. The molecule has 0 unspecified atom stereocenters. The third kappa shape index (κ3) is 5.35. The largest absolute Gasteiger partial charge is 0.490 e. The lowest BCUT2D eigenvalue weighted by Crippen LogP contribution is -2.15. The third-order valence-electron chi connectivity index (χ3n) is 3.85. The van der Waals surface area contributed by atoms with E-state index in [1.807, 2.05) is 80.6 Å². The number of nitrogens with one attached hydrogen (secondary N) is 1. The summed E-state index contributed by atoms with van der Waals surface area (Å²) in [5, 5.41) is 2.90. The highest BCUT2D eigenvalue weighted by molar-refractivity contribution is 6.06. The lowest BCUT2D eigenvalue weighted by molar-refractivity contribution is 0.102. The van der Waals surface area contributed by atoms with Gasteiger partial charge >= 0.3 is 0 Å². The van der Waals surface area contributed by atoms with Gasteiger partial charge in [0.25, 0.3) is 5.91 Å². The molecule has 0 atom stereocenters. The third-order valence-corrected chi connectivity index (χ3v) is 3.85. The smallest absolute Gasteiger partial charge is 0.259 e. The lowest BCUT2D eigenvalue weighted by Gasteiger charge is -2.14. The zero-order valence-electron chi connectivity index (χ0n) is 15.5. The van der Waals surface area contributed by atoms with E-state index in [1.165, 1.54) is 0 Å². The molecule has 27 heavy (non-hydrogen) atoms. The van der Waals surface area contributed by atoms with Crippen molar-refractivity contribution in [3.8, 4) is 11.5 Å². The number of hydrogen-bond acceptors (Lipinski definition) is 3. The van der Waals surface area contributed by atoms with Gasteiger partial charge in [-0.25, -0.2) is 0 Å². The molecule has 3 aromatic rings. The predicted molar refractivity (Wildman–Crippen MR) is 107 cm³/mol. The van der Waals surface area contributed by atoms with Crippen molar-refractivity contribution in [1.82, 2.24) is 0 Å². The monoisotopic (exact) mass is 361 g/mol. The maximum atomic E-state index is 12.6. The summed E-state index contributed by atoms with van der Waals surface area (Å²) in [7, 11) is 0. The van der Waals surface area contributed by atoms with E-state index in [-0.39, 0.29) is 12.0 Å². The van der Waals surface area contributed by atoms with Gasteiger partial charge < -0.3 is 14.8 Å². The Kier molecular flexibility index (Phi) is 6.10. The molecular weight excluding hydrogens is 338 g/mol. The minimum Gasteiger partial charge on any atom is -0.490 e. The van der Waals surface area contributed by atoms with Crippen LogP contribution < -0.4 is 14.8 Å². The van der Waals surface area contributed by atoms with Gasteiger partial charge in [-0.3, -0.25) is 4.79 Å². The zero-order chi connectivity index (χ0) is 19.1. The summed E-state index contributed by atoms with van der Waals surface area (Å²) in [5.41, 5.74) is 2.32. The Morgan fingerprint density at radius 3 is 2.26 bits per heavy atom. The Morgan fingerprint density at radius 2 is 1.56 bits per heavy atom. The van der Waals surface area contributed by atoms with E-state index in [0.717, 1.165) is 11.3 Å². The fourth-order valence-electron chi connectivity index (χ4n) is 2.58. The molecule has 138 valence electrons. The summed E-state index contributed by atoms with van der Waals surface area (Å²) in [4.78, 5) is 12.6. The second-order valence-electron chi connectivity index (χ2n) is 6.42. The van der Waals surface area contributed by atoms with E-state index in [2.05, 4.69) is 5.32 Å². The highest BCUT2D eigenvalue weighted by Crippen LogP contribution is 2.22. The molecule has 0 saturated carbocycles. The molecule has 0 spiro atoms. The average Bonchev–Trinajstić information content (AvgIpc) is 2.68. The summed E-state index contributed by atoms with van der Waals surface area (Å²) >= 11 is 0. The molecule has 0 aliphatic rings. The molecule has 1 N–H and O–H groups in total. The first-order valence-corrected chi connectivity index (χ1v) is 8.95. The molecule has 4 nitrogen and oxygen atoms in total. The van der Waals surface area contributed by atoms with Gasteiger partial charge in [-0.15, -0.1) is 0 Å². The molecule has 4 heteroatoms. The molecule has 0 bridgehead atoms. The van der Waals surface area contributed by atoms with Gasteiger partial charge in [0.1, 0.15) is 18.1 Å². The van der Waals surface area contributed by atoms with Crippen LogP contribution in [0.3, 0.4) is 0 Å². The molecule has 3 aromatic carbocycles. The van der Waals surface area contributed by atoms with Crippen LogP contribution in [-0.2, 0) is 6.61 Å². The average molecular weight is 361 g/mol. The van der Waals surface area contributed by atoms with Gasteiger partial charge in [0.2, 0.25) is 0 Å². The number of benzene rings is 3. The van der Waals surface area contributed by atoms with Crippen molar-refractivity contribution in [3.05, 3.63) is 90.0 Å². The van der Waals surface area contributed by atoms with Crippen LogP contribution in [0.15, 0.2) is 78.9 Å². The summed E-state index contributed by atoms with van der Waals surface area (Å²) in [5.74, 6) is 1.12. The Morgan fingerprint density at radius 1 is 0.889 bits per heavy atom. The molecule has 0 aliphatic carbocycles.